The number of methoxy groups -OCH3 is 2. The van der Waals surface area contributed by atoms with E-state index in [1.54, 1.807) is 14.2 Å². The van der Waals surface area contributed by atoms with E-state index in [-0.39, 0.29) is 23.8 Å². The number of hydrogen-bond acceptors (Lipinski definition) is 7. The second-order valence-electron chi connectivity index (χ2n) is 6.72. The molecule has 0 bridgehead atoms. The van der Waals surface area contributed by atoms with Gasteiger partial charge in [-0.1, -0.05) is 36.0 Å². The summed E-state index contributed by atoms with van der Waals surface area (Å²) < 4.78 is 16.2. The van der Waals surface area contributed by atoms with E-state index in [1.807, 2.05) is 48.5 Å². The third kappa shape index (κ3) is 7.05. The van der Waals surface area contributed by atoms with Crippen LogP contribution in [0, 0.1) is 0 Å². The molecule has 1 amide bonds. The first-order chi connectivity index (χ1) is 15.6. The van der Waals surface area contributed by atoms with Gasteiger partial charge in [0.05, 0.1) is 25.7 Å². The number of nitrogens with zero attached hydrogens (tertiary/aromatic N) is 1. The normalized spacial score (nSPS) is 10.4. The van der Waals surface area contributed by atoms with Crippen molar-refractivity contribution in [3.05, 3.63) is 76.2 Å². The molecule has 0 fully saturated rings. The number of thioether (sulfide) groups is 1. The number of benzene rings is 2. The Bertz CT molecular complexity index is 1090. The van der Waals surface area contributed by atoms with Gasteiger partial charge in [0.1, 0.15) is 12.4 Å². The molecule has 8 nitrogen and oxygen atoms in total. The quantitative estimate of drug-likeness (QED) is 0.339. The largest absolute Gasteiger partial charge is 0.493 e. The average Bonchev–Trinajstić information content (AvgIpc) is 2.81. The summed E-state index contributed by atoms with van der Waals surface area (Å²) in [5, 5.41) is 3.24. The molecule has 0 aliphatic heterocycles. The van der Waals surface area contributed by atoms with Crippen molar-refractivity contribution in [2.24, 2.45) is 0 Å². The zero-order valence-electron chi connectivity index (χ0n) is 17.9. The highest BCUT2D eigenvalue weighted by Crippen LogP contribution is 2.27. The summed E-state index contributed by atoms with van der Waals surface area (Å²) in [7, 11) is 3.17. The van der Waals surface area contributed by atoms with Gasteiger partial charge in [-0.15, -0.1) is 0 Å². The zero-order chi connectivity index (χ0) is 22.8. The van der Waals surface area contributed by atoms with Crippen molar-refractivity contribution in [2.75, 3.05) is 26.5 Å². The Balaban J connectivity index is 1.46. The number of hydrogen-bond donors (Lipinski definition) is 2. The lowest BCUT2D eigenvalue weighted by molar-refractivity contribution is -0.118. The van der Waals surface area contributed by atoms with Gasteiger partial charge in [-0.25, -0.2) is 4.98 Å². The number of aromatic amines is 1. The molecule has 3 aromatic rings. The highest BCUT2D eigenvalue weighted by molar-refractivity contribution is 7.99. The number of H-pyrrole nitrogens is 1. The second-order valence-corrected chi connectivity index (χ2v) is 7.69. The molecule has 0 aliphatic rings. The fourth-order valence-corrected chi connectivity index (χ4v) is 3.59. The fourth-order valence-electron chi connectivity index (χ4n) is 2.87. The van der Waals surface area contributed by atoms with Crippen LogP contribution in [0.5, 0.6) is 17.2 Å². The number of nitrogens with one attached hydrogen (secondary N) is 2. The molecule has 3 rings (SSSR count). The molecule has 0 radical (unpaired) electrons. The third-order valence-corrected chi connectivity index (χ3v) is 5.30. The van der Waals surface area contributed by atoms with Crippen LogP contribution >= 0.6 is 11.8 Å². The average molecular weight is 456 g/mol. The fraction of sp³-hybridized carbons (Fsp3) is 0.261. The molecule has 0 atom stereocenters. The molecule has 1 heterocycles. The zero-order valence-corrected chi connectivity index (χ0v) is 18.7. The lowest BCUT2D eigenvalue weighted by Gasteiger charge is -2.10. The lowest BCUT2D eigenvalue weighted by atomic mass is 10.1. The molecule has 168 valence electrons. The number of carbonyl (C=O) groups excluding carboxylic acids is 1. The smallest absolute Gasteiger partial charge is 0.251 e. The van der Waals surface area contributed by atoms with Crippen molar-refractivity contribution >= 4 is 17.7 Å². The Labute approximate surface area is 190 Å². The summed E-state index contributed by atoms with van der Waals surface area (Å²) in [5.74, 6) is 1.99. The Kier molecular flexibility index (Phi) is 8.56. The summed E-state index contributed by atoms with van der Waals surface area (Å²) in [4.78, 5) is 31.1. The Morgan fingerprint density at radius 2 is 1.84 bits per heavy atom. The van der Waals surface area contributed by atoms with Gasteiger partial charge in [0, 0.05) is 12.6 Å². The van der Waals surface area contributed by atoms with Crippen LogP contribution in [0.4, 0.5) is 0 Å². The molecule has 32 heavy (non-hydrogen) atoms. The van der Waals surface area contributed by atoms with E-state index < -0.39 is 0 Å². The first kappa shape index (κ1) is 23.2. The molecule has 0 unspecified atom stereocenters. The second kappa shape index (κ2) is 11.8. The van der Waals surface area contributed by atoms with Crippen molar-refractivity contribution in [3.8, 4) is 17.2 Å². The van der Waals surface area contributed by atoms with Gasteiger partial charge < -0.3 is 24.5 Å². The van der Waals surface area contributed by atoms with E-state index in [2.05, 4.69) is 15.3 Å². The van der Waals surface area contributed by atoms with Crippen molar-refractivity contribution < 1.29 is 19.0 Å². The summed E-state index contributed by atoms with van der Waals surface area (Å²) in [5.41, 5.74) is 1.23. The van der Waals surface area contributed by atoms with Crippen LogP contribution in [0.1, 0.15) is 11.3 Å². The summed E-state index contributed by atoms with van der Waals surface area (Å²) in [6.07, 6.45) is 0.651. The van der Waals surface area contributed by atoms with Crippen molar-refractivity contribution in [1.82, 2.24) is 15.3 Å². The maximum absolute atomic E-state index is 12.2. The highest BCUT2D eigenvalue weighted by Gasteiger charge is 2.08. The third-order valence-electron chi connectivity index (χ3n) is 4.43. The summed E-state index contributed by atoms with van der Waals surface area (Å²) in [6, 6.07) is 16.3. The van der Waals surface area contributed by atoms with Crippen LogP contribution in [0.25, 0.3) is 0 Å². The molecule has 2 N–H and O–H groups in total. The Morgan fingerprint density at radius 1 is 1.06 bits per heavy atom. The maximum atomic E-state index is 12.2. The minimum atomic E-state index is -0.289. The number of para-hydroxylation sites is 1. The number of ether oxygens (including phenoxy) is 3. The number of amides is 1. The van der Waals surface area contributed by atoms with Gasteiger partial charge >= 0.3 is 0 Å². The molecule has 2 aromatic carbocycles. The van der Waals surface area contributed by atoms with Gasteiger partial charge in [-0.05, 0) is 36.2 Å². The van der Waals surface area contributed by atoms with E-state index in [4.69, 9.17) is 14.2 Å². The highest BCUT2D eigenvalue weighted by atomic mass is 32.2. The summed E-state index contributed by atoms with van der Waals surface area (Å²) in [6.45, 7) is 0.642. The van der Waals surface area contributed by atoms with Crippen LogP contribution in [0.15, 0.2) is 64.5 Å². The molecule has 0 saturated heterocycles. The first-order valence-electron chi connectivity index (χ1n) is 9.96. The lowest BCUT2D eigenvalue weighted by Crippen LogP contribution is -2.27. The van der Waals surface area contributed by atoms with Gasteiger partial charge in [0.15, 0.2) is 16.7 Å². The van der Waals surface area contributed by atoms with Gasteiger partial charge in [-0.2, -0.15) is 0 Å². The number of aromatic nitrogens is 2. The van der Waals surface area contributed by atoms with Gasteiger partial charge in [0.25, 0.3) is 5.56 Å². The van der Waals surface area contributed by atoms with Crippen molar-refractivity contribution in [2.45, 2.75) is 18.2 Å². The molecule has 1 aromatic heterocycles. The van der Waals surface area contributed by atoms with Crippen molar-refractivity contribution in [3.63, 3.8) is 0 Å². The molecule has 0 aliphatic carbocycles. The van der Waals surface area contributed by atoms with E-state index in [0.29, 0.717) is 41.1 Å². The first-order valence-corrected chi connectivity index (χ1v) is 10.9. The van der Waals surface area contributed by atoms with Gasteiger partial charge in [0.2, 0.25) is 5.91 Å². The van der Waals surface area contributed by atoms with Crippen molar-refractivity contribution in [1.29, 1.82) is 0 Å². The predicted molar refractivity (Wildman–Crippen MR) is 123 cm³/mol. The molecule has 0 spiro atoms. The van der Waals surface area contributed by atoms with E-state index in [9.17, 15) is 9.59 Å². The van der Waals surface area contributed by atoms with Crippen LogP contribution in [0.3, 0.4) is 0 Å². The van der Waals surface area contributed by atoms with Crippen LogP contribution < -0.4 is 25.1 Å². The summed E-state index contributed by atoms with van der Waals surface area (Å²) >= 11 is 1.16. The number of carbonyl (C=O) groups is 1. The predicted octanol–water partition coefficient (Wildman–Crippen LogP) is 2.82. The molecular formula is C23H25N3O5S. The van der Waals surface area contributed by atoms with Gasteiger partial charge in [-0.3, -0.25) is 9.59 Å². The minimum absolute atomic E-state index is 0.137. The Hall–Kier alpha value is -3.46. The molecule has 9 heteroatoms. The Morgan fingerprint density at radius 3 is 2.59 bits per heavy atom. The minimum Gasteiger partial charge on any atom is -0.493 e. The van der Waals surface area contributed by atoms with E-state index >= 15 is 0 Å². The SMILES string of the molecule is COc1ccc(CCNC(=O)CSc2nc(COc3ccccc3)cc(=O)[nH]2)cc1OC. The molecule has 0 saturated carbocycles. The van der Waals surface area contributed by atoms with E-state index in [1.165, 1.54) is 6.07 Å². The van der Waals surface area contributed by atoms with Crippen LogP contribution in [0.2, 0.25) is 0 Å². The maximum Gasteiger partial charge on any atom is 0.251 e. The van der Waals surface area contributed by atoms with Crippen LogP contribution in [-0.2, 0) is 17.8 Å². The van der Waals surface area contributed by atoms with E-state index in [0.717, 1.165) is 17.3 Å². The van der Waals surface area contributed by atoms with Crippen LogP contribution in [-0.4, -0.2) is 42.4 Å². The monoisotopic (exact) mass is 455 g/mol. The number of rotatable bonds is 11. The molecular weight excluding hydrogens is 430 g/mol. The standard InChI is InChI=1S/C23H25N3O5S/c1-29-19-9-8-16(12-20(19)30-2)10-11-24-22(28)15-32-23-25-17(13-21(27)26-23)14-31-18-6-4-3-5-7-18/h3-9,12-13H,10-11,14-15H2,1-2H3,(H,24,28)(H,25,26,27). The topological polar surface area (TPSA) is 103 Å².